The average Bonchev–Trinajstić information content (AvgIpc) is 2.83. The topological polar surface area (TPSA) is 64.6 Å². The maximum absolute atomic E-state index is 13.6. The molecule has 0 saturated heterocycles. The van der Waals surface area contributed by atoms with Crippen molar-refractivity contribution in [2.45, 2.75) is 102 Å². The summed E-state index contributed by atoms with van der Waals surface area (Å²) in [6, 6.07) is 13.5. The molecule has 0 bridgehead atoms. The molecule has 195 valence electrons. The Morgan fingerprint density at radius 2 is 1.60 bits per heavy atom. The molecule has 6 heteroatoms. The first-order valence-electron chi connectivity index (χ1n) is 13.1. The smallest absolute Gasteiger partial charge is 0.265 e. The molecule has 0 aromatic heterocycles. The number of nitrogens with one attached hydrogen (secondary N) is 1. The van der Waals surface area contributed by atoms with Gasteiger partial charge in [-0.3, -0.25) is 4.72 Å². The third kappa shape index (κ3) is 9.06. The minimum atomic E-state index is -3.91. The van der Waals surface area contributed by atoms with Crippen LogP contribution < -0.4 is 14.2 Å². The van der Waals surface area contributed by atoms with E-state index < -0.39 is 10.0 Å². The Kier molecular flexibility index (Phi) is 11.9. The number of anilines is 1. The molecule has 2 aromatic carbocycles. The van der Waals surface area contributed by atoms with E-state index in [2.05, 4.69) is 38.5 Å². The minimum absolute atomic E-state index is 0.143. The third-order valence-corrected chi connectivity index (χ3v) is 7.85. The maximum atomic E-state index is 13.6. The van der Waals surface area contributed by atoms with E-state index in [0.717, 1.165) is 37.7 Å². The molecule has 0 aliphatic heterocycles. The second-order valence-corrected chi connectivity index (χ2v) is 11.5. The number of ether oxygens (including phenoxy) is 2. The molecule has 0 saturated carbocycles. The quantitative estimate of drug-likeness (QED) is 0.223. The molecular weight excluding hydrogens is 458 g/mol. The first kappa shape index (κ1) is 29.0. The number of sulfonamides is 1. The summed E-state index contributed by atoms with van der Waals surface area (Å²) in [5.74, 6) is 0.830. The van der Waals surface area contributed by atoms with Gasteiger partial charge in [0.15, 0.2) is 0 Å². The molecule has 0 heterocycles. The number of rotatable bonds is 17. The van der Waals surface area contributed by atoms with Crippen molar-refractivity contribution in [3.8, 4) is 11.5 Å². The van der Waals surface area contributed by atoms with Crippen molar-refractivity contribution in [2.75, 3.05) is 18.4 Å². The van der Waals surface area contributed by atoms with Crippen LogP contribution in [0.1, 0.15) is 97.5 Å². The zero-order chi connectivity index (χ0) is 25.7. The summed E-state index contributed by atoms with van der Waals surface area (Å²) in [5, 5.41) is 0. The normalized spacial score (nSPS) is 11.9. The zero-order valence-electron chi connectivity index (χ0n) is 22.3. The predicted octanol–water partition coefficient (Wildman–Crippen LogP) is 7.89. The van der Waals surface area contributed by atoms with Gasteiger partial charge in [0, 0.05) is 0 Å². The van der Waals surface area contributed by atoms with Gasteiger partial charge in [-0.1, -0.05) is 91.2 Å². The van der Waals surface area contributed by atoms with Crippen LogP contribution in [0.5, 0.6) is 11.5 Å². The van der Waals surface area contributed by atoms with E-state index in [4.69, 9.17) is 9.47 Å². The Balaban J connectivity index is 2.30. The molecular formula is C29H44NO4S. The van der Waals surface area contributed by atoms with E-state index in [0.29, 0.717) is 23.8 Å². The van der Waals surface area contributed by atoms with Gasteiger partial charge >= 0.3 is 0 Å². The molecule has 5 nitrogen and oxygen atoms in total. The first-order valence-corrected chi connectivity index (χ1v) is 14.6. The van der Waals surface area contributed by atoms with Crippen molar-refractivity contribution in [3.63, 3.8) is 0 Å². The highest BCUT2D eigenvalue weighted by atomic mass is 32.2. The van der Waals surface area contributed by atoms with E-state index in [1.165, 1.54) is 39.2 Å². The van der Waals surface area contributed by atoms with E-state index >= 15 is 0 Å². The molecule has 1 radical (unpaired) electrons. The Morgan fingerprint density at radius 1 is 0.914 bits per heavy atom. The van der Waals surface area contributed by atoms with Crippen LogP contribution in [0.3, 0.4) is 0 Å². The number of unbranched alkanes of at least 4 members (excludes halogenated alkanes) is 7. The lowest BCUT2D eigenvalue weighted by Gasteiger charge is -2.26. The highest BCUT2D eigenvalue weighted by Crippen LogP contribution is 2.36. The lowest BCUT2D eigenvalue weighted by Crippen LogP contribution is -2.20. The van der Waals surface area contributed by atoms with Gasteiger partial charge in [-0.25, -0.2) is 8.42 Å². The maximum Gasteiger partial charge on any atom is 0.265 e. The standard InChI is InChI=1S/C29H44NO4S/c1-6-8-10-11-12-16-22-34-27-20-19-24(29(3,4)21-15-9-7-2)23-28(27)35(31,32)30-25-17-13-14-18-26(25)33-5/h14,17-20,23,30H,6-12,15-16,21-22H2,1-5H3. The van der Waals surface area contributed by atoms with Crippen LogP contribution in [-0.2, 0) is 15.4 Å². The van der Waals surface area contributed by atoms with E-state index in [1.54, 1.807) is 24.3 Å². The second-order valence-electron chi connectivity index (χ2n) is 9.85. The average molecular weight is 503 g/mol. The Labute approximate surface area is 213 Å². The fourth-order valence-corrected chi connectivity index (χ4v) is 5.39. The summed E-state index contributed by atoms with van der Waals surface area (Å²) in [4.78, 5) is 0.162. The van der Waals surface area contributed by atoms with Gasteiger partial charge in [0.1, 0.15) is 16.4 Å². The number of hydrogen-bond acceptors (Lipinski definition) is 4. The molecule has 1 N–H and O–H groups in total. The fraction of sp³-hybridized carbons (Fsp3) is 0.586. The van der Waals surface area contributed by atoms with Gasteiger partial charge in [-0.15, -0.1) is 0 Å². The summed E-state index contributed by atoms with van der Waals surface area (Å²) >= 11 is 0. The van der Waals surface area contributed by atoms with Gasteiger partial charge in [0.05, 0.1) is 19.4 Å². The predicted molar refractivity (Wildman–Crippen MR) is 145 cm³/mol. The molecule has 35 heavy (non-hydrogen) atoms. The SMILES string of the molecule is CCCCCCCCOc1ccc(C(C)(C)CCCCC)cc1S(=O)(=O)Nc1c[c]ccc1OC. The highest BCUT2D eigenvalue weighted by Gasteiger charge is 2.27. The highest BCUT2D eigenvalue weighted by molar-refractivity contribution is 7.92. The first-order chi connectivity index (χ1) is 16.7. The van der Waals surface area contributed by atoms with Crippen LogP contribution in [0, 0.1) is 6.07 Å². The van der Waals surface area contributed by atoms with Crippen LogP contribution in [0.2, 0.25) is 0 Å². The Bertz CT molecular complexity index is 1000. The van der Waals surface area contributed by atoms with Crippen molar-refractivity contribution in [3.05, 3.63) is 48.0 Å². The summed E-state index contributed by atoms with van der Waals surface area (Å²) in [6.07, 6.45) is 11.3. The van der Waals surface area contributed by atoms with Crippen molar-refractivity contribution >= 4 is 15.7 Å². The van der Waals surface area contributed by atoms with Gasteiger partial charge < -0.3 is 9.47 Å². The van der Waals surface area contributed by atoms with Crippen LogP contribution in [0.25, 0.3) is 0 Å². The van der Waals surface area contributed by atoms with Gasteiger partial charge in [-0.2, -0.15) is 0 Å². The minimum Gasteiger partial charge on any atom is -0.495 e. The number of hydrogen-bond donors (Lipinski definition) is 1. The molecule has 0 amide bonds. The zero-order valence-corrected chi connectivity index (χ0v) is 23.1. The van der Waals surface area contributed by atoms with Crippen molar-refractivity contribution < 1.29 is 17.9 Å². The molecule has 0 atom stereocenters. The van der Waals surface area contributed by atoms with Crippen LogP contribution in [0.15, 0.2) is 41.3 Å². The molecule has 2 rings (SSSR count). The van der Waals surface area contributed by atoms with Crippen LogP contribution in [0.4, 0.5) is 5.69 Å². The summed E-state index contributed by atoms with van der Waals surface area (Å²) < 4.78 is 41.2. The van der Waals surface area contributed by atoms with E-state index in [9.17, 15) is 8.42 Å². The Hall–Kier alpha value is -2.21. The number of benzene rings is 2. The summed E-state index contributed by atoms with van der Waals surface area (Å²) in [6.45, 7) is 9.24. The van der Waals surface area contributed by atoms with Gasteiger partial charge in [0.2, 0.25) is 0 Å². The van der Waals surface area contributed by atoms with Crippen LogP contribution >= 0.6 is 0 Å². The Morgan fingerprint density at radius 3 is 2.31 bits per heavy atom. The third-order valence-electron chi connectivity index (χ3n) is 6.46. The largest absolute Gasteiger partial charge is 0.495 e. The van der Waals surface area contributed by atoms with Crippen molar-refractivity contribution in [1.29, 1.82) is 0 Å². The molecule has 0 spiro atoms. The van der Waals surface area contributed by atoms with E-state index in [1.807, 2.05) is 12.1 Å². The molecule has 0 fully saturated rings. The lowest BCUT2D eigenvalue weighted by atomic mass is 9.80. The van der Waals surface area contributed by atoms with Gasteiger partial charge in [-0.05, 0) is 54.2 Å². The molecule has 0 aliphatic rings. The fourth-order valence-electron chi connectivity index (χ4n) is 4.16. The lowest BCUT2D eigenvalue weighted by molar-refractivity contribution is 0.296. The second kappa shape index (κ2) is 14.4. The van der Waals surface area contributed by atoms with Crippen molar-refractivity contribution in [1.82, 2.24) is 0 Å². The summed E-state index contributed by atoms with van der Waals surface area (Å²) in [5.41, 5.74) is 1.20. The molecule has 0 aliphatic carbocycles. The summed E-state index contributed by atoms with van der Waals surface area (Å²) in [7, 11) is -2.40. The van der Waals surface area contributed by atoms with Crippen LogP contribution in [-0.4, -0.2) is 22.1 Å². The molecule has 2 aromatic rings. The molecule has 0 unspecified atom stereocenters. The number of methoxy groups -OCH3 is 1. The monoisotopic (exact) mass is 502 g/mol. The van der Waals surface area contributed by atoms with E-state index in [-0.39, 0.29) is 10.3 Å². The van der Waals surface area contributed by atoms with Gasteiger partial charge in [0.25, 0.3) is 10.0 Å². The van der Waals surface area contributed by atoms with Crippen molar-refractivity contribution in [2.24, 2.45) is 0 Å².